The van der Waals surface area contributed by atoms with Crippen molar-refractivity contribution in [3.8, 4) is 11.4 Å². The average Bonchev–Trinajstić information content (AvgIpc) is 3.19. The molecule has 0 unspecified atom stereocenters. The van der Waals surface area contributed by atoms with Crippen LogP contribution in [-0.2, 0) is 17.8 Å². The first kappa shape index (κ1) is 16.9. The van der Waals surface area contributed by atoms with E-state index in [-0.39, 0.29) is 5.91 Å². The van der Waals surface area contributed by atoms with Gasteiger partial charge in [-0.05, 0) is 37.9 Å². The maximum atomic E-state index is 11.8. The highest BCUT2D eigenvalue weighted by Crippen LogP contribution is 2.27. The quantitative estimate of drug-likeness (QED) is 0.870. The van der Waals surface area contributed by atoms with Crippen LogP contribution in [0.3, 0.4) is 0 Å². The van der Waals surface area contributed by atoms with Crippen LogP contribution < -0.4 is 10.6 Å². The lowest BCUT2D eigenvalue weighted by atomic mass is 10.0. The summed E-state index contributed by atoms with van der Waals surface area (Å²) in [6.07, 6.45) is 6.69. The van der Waals surface area contributed by atoms with Gasteiger partial charge in [-0.15, -0.1) is 0 Å². The van der Waals surface area contributed by atoms with Gasteiger partial charge in [0.15, 0.2) is 5.82 Å². The Hall–Kier alpha value is -2.54. The van der Waals surface area contributed by atoms with E-state index in [0.29, 0.717) is 18.4 Å². The van der Waals surface area contributed by atoms with Gasteiger partial charge in [0.05, 0.1) is 12.2 Å². The van der Waals surface area contributed by atoms with Gasteiger partial charge in [0.2, 0.25) is 5.91 Å². The summed E-state index contributed by atoms with van der Waals surface area (Å²) in [5.74, 6) is 1.67. The average molecular weight is 352 g/mol. The van der Waals surface area contributed by atoms with Crippen LogP contribution in [0.15, 0.2) is 24.5 Å². The third kappa shape index (κ3) is 3.53. The molecule has 136 valence electrons. The van der Waals surface area contributed by atoms with E-state index >= 15 is 0 Å². The lowest BCUT2D eigenvalue weighted by Gasteiger charge is -2.29. The minimum atomic E-state index is 0.0874. The molecule has 7 nitrogen and oxygen atoms in total. The molecule has 1 saturated heterocycles. The Kier molecular flexibility index (Phi) is 4.79. The topological polar surface area (TPSA) is 83.0 Å². The van der Waals surface area contributed by atoms with Crippen molar-refractivity contribution in [1.82, 2.24) is 25.2 Å². The van der Waals surface area contributed by atoms with Crippen LogP contribution in [0.25, 0.3) is 11.4 Å². The largest absolute Gasteiger partial charge is 0.368 e. The normalized spacial score (nSPS) is 19.3. The SMILES string of the molecule is CC(=O)N1CCc2c(nc(-c3ccncc3)nc2NC[C@@H]2CCCN2)C1. The van der Waals surface area contributed by atoms with E-state index in [2.05, 4.69) is 15.6 Å². The second kappa shape index (κ2) is 7.37. The number of rotatable bonds is 4. The van der Waals surface area contributed by atoms with Crippen LogP contribution >= 0.6 is 0 Å². The molecule has 0 bridgehead atoms. The molecule has 2 aliphatic heterocycles. The number of fused-ring (bicyclic) bond motifs is 1. The molecule has 2 aromatic heterocycles. The van der Waals surface area contributed by atoms with E-state index in [1.807, 2.05) is 17.0 Å². The third-order valence-electron chi connectivity index (χ3n) is 5.13. The Morgan fingerprint density at radius 1 is 1.35 bits per heavy atom. The summed E-state index contributed by atoms with van der Waals surface area (Å²) in [5.41, 5.74) is 3.01. The maximum Gasteiger partial charge on any atom is 0.219 e. The van der Waals surface area contributed by atoms with E-state index in [1.54, 1.807) is 19.3 Å². The highest BCUT2D eigenvalue weighted by molar-refractivity contribution is 5.74. The fourth-order valence-electron chi connectivity index (χ4n) is 3.63. The molecule has 7 heteroatoms. The van der Waals surface area contributed by atoms with Gasteiger partial charge in [-0.25, -0.2) is 9.97 Å². The molecular formula is C19H24N6O. The molecule has 2 N–H and O–H groups in total. The van der Waals surface area contributed by atoms with Gasteiger partial charge in [0, 0.05) is 49.6 Å². The fraction of sp³-hybridized carbons (Fsp3) is 0.474. The lowest BCUT2D eigenvalue weighted by molar-refractivity contribution is -0.129. The number of nitrogens with one attached hydrogen (secondary N) is 2. The van der Waals surface area contributed by atoms with Crippen molar-refractivity contribution in [3.05, 3.63) is 35.8 Å². The van der Waals surface area contributed by atoms with Crippen molar-refractivity contribution < 1.29 is 4.79 Å². The van der Waals surface area contributed by atoms with E-state index < -0.39 is 0 Å². The van der Waals surface area contributed by atoms with Crippen LogP contribution in [0.4, 0.5) is 5.82 Å². The zero-order valence-electron chi connectivity index (χ0n) is 15.0. The smallest absolute Gasteiger partial charge is 0.219 e. The molecule has 1 atom stereocenters. The zero-order chi connectivity index (χ0) is 17.9. The van der Waals surface area contributed by atoms with Crippen molar-refractivity contribution in [2.24, 2.45) is 0 Å². The monoisotopic (exact) mass is 352 g/mol. The molecular weight excluding hydrogens is 328 g/mol. The lowest BCUT2D eigenvalue weighted by Crippen LogP contribution is -2.36. The number of pyridine rings is 1. The number of hydrogen-bond acceptors (Lipinski definition) is 6. The van der Waals surface area contributed by atoms with Gasteiger partial charge in [0.1, 0.15) is 5.82 Å². The Balaban J connectivity index is 1.66. The van der Waals surface area contributed by atoms with Crippen LogP contribution in [0.5, 0.6) is 0 Å². The molecule has 0 aliphatic carbocycles. The van der Waals surface area contributed by atoms with Gasteiger partial charge in [-0.3, -0.25) is 9.78 Å². The van der Waals surface area contributed by atoms with Crippen molar-refractivity contribution in [2.75, 3.05) is 25.0 Å². The molecule has 4 rings (SSSR count). The summed E-state index contributed by atoms with van der Waals surface area (Å²) < 4.78 is 0. The number of amides is 1. The molecule has 2 aliphatic rings. The van der Waals surface area contributed by atoms with Crippen LogP contribution in [0.1, 0.15) is 31.0 Å². The molecule has 0 spiro atoms. The standard InChI is InChI=1S/C19H24N6O/c1-13(26)25-10-6-16-17(12-25)23-18(14-4-8-20-9-5-14)24-19(16)22-11-15-3-2-7-21-15/h4-5,8-9,15,21H,2-3,6-7,10-12H2,1H3,(H,22,23,24)/t15-/m0/s1. The molecule has 0 saturated carbocycles. The van der Waals surface area contributed by atoms with Crippen molar-refractivity contribution >= 4 is 11.7 Å². The summed E-state index contributed by atoms with van der Waals surface area (Å²) in [6.45, 7) is 4.82. The van der Waals surface area contributed by atoms with Crippen molar-refractivity contribution in [1.29, 1.82) is 0 Å². The highest BCUT2D eigenvalue weighted by Gasteiger charge is 2.24. The predicted molar refractivity (Wildman–Crippen MR) is 99.6 cm³/mol. The number of anilines is 1. The highest BCUT2D eigenvalue weighted by atomic mass is 16.2. The number of aromatic nitrogens is 3. The van der Waals surface area contributed by atoms with Crippen molar-refractivity contribution in [2.45, 2.75) is 38.8 Å². The molecule has 2 aromatic rings. The molecule has 0 radical (unpaired) electrons. The maximum absolute atomic E-state index is 11.8. The molecule has 1 fully saturated rings. The zero-order valence-corrected chi connectivity index (χ0v) is 15.0. The summed E-state index contributed by atoms with van der Waals surface area (Å²) in [4.78, 5) is 27.3. The van der Waals surface area contributed by atoms with Crippen molar-refractivity contribution in [3.63, 3.8) is 0 Å². The summed E-state index contributed by atoms with van der Waals surface area (Å²) in [7, 11) is 0. The fourth-order valence-corrected chi connectivity index (χ4v) is 3.63. The Bertz CT molecular complexity index is 788. The first-order valence-electron chi connectivity index (χ1n) is 9.23. The van der Waals surface area contributed by atoms with Gasteiger partial charge >= 0.3 is 0 Å². The Labute approximate surface area is 153 Å². The second-order valence-electron chi connectivity index (χ2n) is 6.92. The number of hydrogen-bond donors (Lipinski definition) is 2. The van der Waals surface area contributed by atoms with Gasteiger partial charge in [-0.1, -0.05) is 0 Å². The van der Waals surface area contributed by atoms with E-state index in [0.717, 1.165) is 48.7 Å². The van der Waals surface area contributed by atoms with E-state index in [4.69, 9.17) is 9.97 Å². The van der Waals surface area contributed by atoms with Crippen LogP contribution in [-0.4, -0.2) is 51.4 Å². The van der Waals surface area contributed by atoms with Crippen LogP contribution in [0, 0.1) is 0 Å². The van der Waals surface area contributed by atoms with Gasteiger partial charge < -0.3 is 15.5 Å². The summed E-state index contributed by atoms with van der Waals surface area (Å²) >= 11 is 0. The van der Waals surface area contributed by atoms with Gasteiger partial charge in [-0.2, -0.15) is 0 Å². The number of carbonyl (C=O) groups is 1. The Morgan fingerprint density at radius 3 is 2.92 bits per heavy atom. The Morgan fingerprint density at radius 2 is 2.19 bits per heavy atom. The molecule has 4 heterocycles. The summed E-state index contributed by atoms with van der Waals surface area (Å²) in [5, 5.41) is 7.04. The molecule has 0 aromatic carbocycles. The molecule has 26 heavy (non-hydrogen) atoms. The third-order valence-corrected chi connectivity index (χ3v) is 5.13. The number of carbonyl (C=O) groups excluding carboxylic acids is 1. The first-order chi connectivity index (χ1) is 12.7. The molecule has 1 amide bonds. The first-order valence-corrected chi connectivity index (χ1v) is 9.23. The van der Waals surface area contributed by atoms with Gasteiger partial charge in [0.25, 0.3) is 0 Å². The second-order valence-corrected chi connectivity index (χ2v) is 6.92. The van der Waals surface area contributed by atoms with E-state index in [1.165, 1.54) is 12.8 Å². The minimum absolute atomic E-state index is 0.0874. The predicted octanol–water partition coefficient (Wildman–Crippen LogP) is 1.61. The number of nitrogens with zero attached hydrogens (tertiary/aromatic N) is 4. The van der Waals surface area contributed by atoms with Crippen LogP contribution in [0.2, 0.25) is 0 Å². The summed E-state index contributed by atoms with van der Waals surface area (Å²) in [6, 6.07) is 4.31. The van der Waals surface area contributed by atoms with E-state index in [9.17, 15) is 4.79 Å². The minimum Gasteiger partial charge on any atom is -0.368 e.